The highest BCUT2D eigenvalue weighted by Crippen LogP contribution is 2.42. The maximum Gasteiger partial charge on any atom is 0.500 e. The number of benzene rings is 2. The van der Waals surface area contributed by atoms with Crippen LogP contribution in [0.2, 0.25) is 6.04 Å². The molecular weight excluding hydrogens is 402 g/mol. The van der Waals surface area contributed by atoms with Crippen LogP contribution in [0, 0.1) is 0 Å². The van der Waals surface area contributed by atoms with E-state index in [0.29, 0.717) is 0 Å². The number of hydrogen-bond acceptors (Lipinski definition) is 7. The fourth-order valence-electron chi connectivity index (χ4n) is 2.60. The molecule has 3 aromatic rings. The highest BCUT2D eigenvalue weighted by Gasteiger charge is 2.37. The molecule has 0 bridgehead atoms. The molecule has 2 aromatic carbocycles. The standard InChI is InChI=1S/C18H21NO3S3Si/c1-20-26(21-2,22-3)13-12-14-8-4-6-10-16(14)24-25-18-19-15-9-5-7-11-17(15)23-18/h4-11H,12-13H2,1-3H3. The van der Waals surface area contributed by atoms with Crippen molar-refractivity contribution in [3.05, 3.63) is 54.1 Å². The Kier molecular flexibility index (Phi) is 7.16. The van der Waals surface area contributed by atoms with Gasteiger partial charge in [-0.1, -0.05) is 30.3 Å². The highest BCUT2D eigenvalue weighted by molar-refractivity contribution is 8.77. The Morgan fingerprint density at radius 2 is 1.62 bits per heavy atom. The van der Waals surface area contributed by atoms with E-state index in [2.05, 4.69) is 47.4 Å². The quantitative estimate of drug-likeness (QED) is 0.333. The summed E-state index contributed by atoms with van der Waals surface area (Å²) >= 11 is 1.73. The first kappa shape index (κ1) is 19.9. The molecule has 0 saturated heterocycles. The zero-order valence-electron chi connectivity index (χ0n) is 14.9. The van der Waals surface area contributed by atoms with Gasteiger partial charge in [0.1, 0.15) is 0 Å². The predicted octanol–water partition coefficient (Wildman–Crippen LogP) is 5.52. The van der Waals surface area contributed by atoms with Crippen LogP contribution in [0.1, 0.15) is 5.56 Å². The van der Waals surface area contributed by atoms with Gasteiger partial charge in [-0.3, -0.25) is 0 Å². The Morgan fingerprint density at radius 3 is 2.35 bits per heavy atom. The van der Waals surface area contributed by atoms with Gasteiger partial charge in [0.05, 0.1) is 10.2 Å². The molecule has 0 fully saturated rings. The zero-order chi connectivity index (χ0) is 18.4. The van der Waals surface area contributed by atoms with Gasteiger partial charge in [0.15, 0.2) is 4.34 Å². The number of hydrogen-bond donors (Lipinski definition) is 0. The lowest BCUT2D eigenvalue weighted by Gasteiger charge is -2.24. The van der Waals surface area contributed by atoms with E-state index in [1.165, 1.54) is 15.2 Å². The van der Waals surface area contributed by atoms with Crippen molar-refractivity contribution < 1.29 is 13.3 Å². The highest BCUT2D eigenvalue weighted by atomic mass is 33.1. The zero-order valence-corrected chi connectivity index (χ0v) is 18.4. The molecule has 0 radical (unpaired) electrons. The van der Waals surface area contributed by atoms with Crippen molar-refractivity contribution in [1.82, 2.24) is 4.98 Å². The number of fused-ring (bicyclic) bond motifs is 1. The first-order valence-electron chi connectivity index (χ1n) is 8.13. The maximum atomic E-state index is 5.53. The molecule has 138 valence electrons. The number of thiazole rings is 1. The molecule has 0 aliphatic carbocycles. The van der Waals surface area contributed by atoms with E-state index in [0.717, 1.165) is 22.3 Å². The summed E-state index contributed by atoms with van der Waals surface area (Å²) < 4.78 is 18.9. The summed E-state index contributed by atoms with van der Waals surface area (Å²) in [6.07, 6.45) is 0.853. The third kappa shape index (κ3) is 4.69. The molecule has 0 unspecified atom stereocenters. The van der Waals surface area contributed by atoms with Gasteiger partial charge in [0.2, 0.25) is 0 Å². The van der Waals surface area contributed by atoms with Gasteiger partial charge in [-0.2, -0.15) is 0 Å². The molecule has 0 aliphatic heterocycles. The lowest BCUT2D eigenvalue weighted by molar-refractivity contribution is 0.123. The number of nitrogens with zero attached hydrogens (tertiary/aromatic N) is 1. The first-order chi connectivity index (χ1) is 12.7. The van der Waals surface area contributed by atoms with Gasteiger partial charge in [0.25, 0.3) is 0 Å². The van der Waals surface area contributed by atoms with Crippen LogP contribution in [0.4, 0.5) is 0 Å². The Bertz CT molecular complexity index is 813. The average Bonchev–Trinajstić information content (AvgIpc) is 3.11. The van der Waals surface area contributed by atoms with E-state index >= 15 is 0 Å². The molecule has 0 atom stereocenters. The minimum atomic E-state index is -2.56. The SMILES string of the molecule is CO[Si](CCc1ccccc1SSc1nc2ccccc2s1)(OC)OC. The topological polar surface area (TPSA) is 40.6 Å². The van der Waals surface area contributed by atoms with E-state index in [9.17, 15) is 0 Å². The van der Waals surface area contributed by atoms with Gasteiger partial charge < -0.3 is 13.3 Å². The van der Waals surface area contributed by atoms with Crippen LogP contribution in [0.15, 0.2) is 57.8 Å². The smallest absolute Gasteiger partial charge is 0.377 e. The molecule has 0 spiro atoms. The van der Waals surface area contributed by atoms with Crippen molar-refractivity contribution in [2.24, 2.45) is 0 Å². The summed E-state index contributed by atoms with van der Waals surface area (Å²) in [5.41, 5.74) is 2.33. The third-order valence-electron chi connectivity index (χ3n) is 4.08. The Morgan fingerprint density at radius 1 is 0.923 bits per heavy atom. The van der Waals surface area contributed by atoms with Gasteiger partial charge >= 0.3 is 8.80 Å². The molecule has 4 nitrogen and oxygen atoms in total. The van der Waals surface area contributed by atoms with E-state index in [1.54, 1.807) is 54.3 Å². The number of para-hydroxylation sites is 1. The Hall–Kier alpha value is -0.873. The van der Waals surface area contributed by atoms with E-state index < -0.39 is 8.80 Å². The molecule has 1 heterocycles. The monoisotopic (exact) mass is 423 g/mol. The van der Waals surface area contributed by atoms with Crippen LogP contribution in [-0.2, 0) is 19.7 Å². The van der Waals surface area contributed by atoms with Gasteiger partial charge in [-0.25, -0.2) is 4.98 Å². The summed E-state index contributed by atoms with van der Waals surface area (Å²) in [7, 11) is 5.86. The van der Waals surface area contributed by atoms with Crippen molar-refractivity contribution in [2.75, 3.05) is 21.3 Å². The van der Waals surface area contributed by atoms with Crippen LogP contribution in [-0.4, -0.2) is 35.1 Å². The van der Waals surface area contributed by atoms with Crippen molar-refractivity contribution in [2.45, 2.75) is 21.7 Å². The fourth-order valence-corrected chi connectivity index (χ4v) is 7.80. The third-order valence-corrected chi connectivity index (χ3v) is 10.6. The number of aromatic nitrogens is 1. The molecule has 0 amide bonds. The number of aryl methyl sites for hydroxylation is 1. The predicted molar refractivity (Wildman–Crippen MR) is 113 cm³/mol. The van der Waals surface area contributed by atoms with Crippen molar-refractivity contribution in [1.29, 1.82) is 0 Å². The molecule has 3 rings (SSSR count). The molecule has 8 heteroatoms. The summed E-state index contributed by atoms with van der Waals surface area (Å²) in [6, 6.07) is 17.4. The van der Waals surface area contributed by atoms with E-state index in [4.69, 9.17) is 13.3 Å². The minimum absolute atomic E-state index is 0.750. The fraction of sp³-hybridized carbons (Fsp3) is 0.278. The van der Waals surface area contributed by atoms with Crippen molar-refractivity contribution in [3.63, 3.8) is 0 Å². The van der Waals surface area contributed by atoms with E-state index in [-0.39, 0.29) is 0 Å². The van der Waals surface area contributed by atoms with E-state index in [1.807, 2.05) is 6.07 Å². The summed E-state index contributed by atoms with van der Waals surface area (Å²) in [6.45, 7) is 0. The van der Waals surface area contributed by atoms with Gasteiger partial charge in [0, 0.05) is 32.3 Å². The normalized spacial score (nSPS) is 12.0. The van der Waals surface area contributed by atoms with Crippen LogP contribution in [0.3, 0.4) is 0 Å². The van der Waals surface area contributed by atoms with Gasteiger partial charge in [-0.05, 0) is 51.8 Å². The van der Waals surface area contributed by atoms with Crippen LogP contribution < -0.4 is 0 Å². The second-order valence-electron chi connectivity index (χ2n) is 5.52. The Balaban J connectivity index is 1.68. The minimum Gasteiger partial charge on any atom is -0.377 e. The second-order valence-corrected chi connectivity index (χ2v) is 12.1. The largest absolute Gasteiger partial charge is 0.500 e. The van der Waals surface area contributed by atoms with Crippen LogP contribution >= 0.6 is 32.9 Å². The molecular formula is C18H21NO3S3Si. The van der Waals surface area contributed by atoms with Crippen molar-refractivity contribution >= 4 is 51.9 Å². The Labute approximate surface area is 167 Å². The van der Waals surface area contributed by atoms with Crippen LogP contribution in [0.25, 0.3) is 10.2 Å². The summed E-state index contributed by atoms with van der Waals surface area (Å²) in [5.74, 6) is 0. The summed E-state index contributed by atoms with van der Waals surface area (Å²) in [5, 5.41) is 0. The molecule has 26 heavy (non-hydrogen) atoms. The van der Waals surface area contributed by atoms with Crippen molar-refractivity contribution in [3.8, 4) is 0 Å². The molecule has 0 saturated carbocycles. The molecule has 1 aromatic heterocycles. The number of rotatable bonds is 9. The summed E-state index contributed by atoms with van der Waals surface area (Å²) in [4.78, 5) is 5.93. The van der Waals surface area contributed by atoms with Crippen LogP contribution in [0.5, 0.6) is 0 Å². The second kappa shape index (κ2) is 9.36. The molecule has 0 aliphatic rings. The average molecular weight is 424 g/mol. The lowest BCUT2D eigenvalue weighted by atomic mass is 10.2. The lowest BCUT2D eigenvalue weighted by Crippen LogP contribution is -2.43. The maximum absolute atomic E-state index is 5.53. The van der Waals surface area contributed by atoms with Gasteiger partial charge in [-0.15, -0.1) is 11.3 Å². The molecule has 0 N–H and O–H groups in total. The first-order valence-corrected chi connectivity index (χ1v) is 13.0.